The number of nitrogens with one attached hydrogen (secondary N) is 1. The van der Waals surface area contributed by atoms with Crippen molar-refractivity contribution in [3.05, 3.63) is 35.1 Å². The van der Waals surface area contributed by atoms with E-state index in [2.05, 4.69) is 25.7 Å². The van der Waals surface area contributed by atoms with Crippen molar-refractivity contribution in [1.29, 1.82) is 0 Å². The molecule has 2 aromatic rings. The molecule has 17 heavy (non-hydrogen) atoms. The smallest absolute Gasteiger partial charge is 0.263 e. The van der Waals surface area contributed by atoms with Crippen LogP contribution in [0.4, 0.5) is 5.95 Å². The maximum absolute atomic E-state index is 5.47. The number of nitrogens with zero attached hydrogens (tertiary/aromatic N) is 4. The Morgan fingerprint density at radius 1 is 1.12 bits per heavy atom. The van der Waals surface area contributed by atoms with Gasteiger partial charge in [0.05, 0.1) is 7.11 Å². The molecular weight excluding hydrogens is 242 g/mol. The molecule has 0 saturated carbocycles. The van der Waals surface area contributed by atoms with Gasteiger partial charge in [0.1, 0.15) is 5.75 Å². The van der Waals surface area contributed by atoms with Crippen LogP contribution in [0.15, 0.2) is 24.3 Å². The zero-order valence-corrected chi connectivity index (χ0v) is 9.85. The number of rotatable bonds is 4. The highest BCUT2D eigenvalue weighted by molar-refractivity contribution is 6.28. The number of hydrogen-bond acceptors (Lipinski definition) is 6. The summed E-state index contributed by atoms with van der Waals surface area (Å²) in [6.07, 6.45) is 0. The molecule has 1 N–H and O–H groups in total. The zero-order valence-electron chi connectivity index (χ0n) is 9.09. The molecule has 0 unspecified atom stereocenters. The molecule has 0 aliphatic rings. The van der Waals surface area contributed by atoms with Crippen LogP contribution in [0.3, 0.4) is 0 Å². The van der Waals surface area contributed by atoms with Crippen molar-refractivity contribution >= 4 is 17.5 Å². The minimum atomic E-state index is 0.0278. The van der Waals surface area contributed by atoms with Crippen LogP contribution < -0.4 is 10.1 Å². The molecule has 0 bridgehead atoms. The van der Waals surface area contributed by atoms with E-state index in [1.165, 1.54) is 0 Å². The number of ether oxygens (including phenoxy) is 1. The van der Waals surface area contributed by atoms with Gasteiger partial charge in [0.2, 0.25) is 0 Å². The van der Waals surface area contributed by atoms with Gasteiger partial charge in [-0.15, -0.1) is 20.4 Å². The number of hydrogen-bond donors (Lipinski definition) is 1. The number of benzene rings is 1. The molecule has 1 heterocycles. The first-order valence-corrected chi connectivity index (χ1v) is 5.25. The van der Waals surface area contributed by atoms with Crippen molar-refractivity contribution in [2.45, 2.75) is 6.54 Å². The first kappa shape index (κ1) is 11.5. The molecule has 0 aliphatic carbocycles. The molecule has 0 fully saturated rings. The van der Waals surface area contributed by atoms with Gasteiger partial charge in [-0.2, -0.15) is 0 Å². The zero-order chi connectivity index (χ0) is 12.1. The number of anilines is 1. The van der Waals surface area contributed by atoms with Gasteiger partial charge in [-0.25, -0.2) is 0 Å². The summed E-state index contributed by atoms with van der Waals surface area (Å²) in [4.78, 5) is 0. The Labute approximate surface area is 103 Å². The summed E-state index contributed by atoms with van der Waals surface area (Å²) < 4.78 is 5.07. The lowest BCUT2D eigenvalue weighted by atomic mass is 10.2. The summed E-state index contributed by atoms with van der Waals surface area (Å²) in [5, 5.41) is 17.6. The SMILES string of the molecule is COc1ccc(CNc2nnc(Cl)nn2)cc1. The Hall–Kier alpha value is -1.95. The fourth-order valence-electron chi connectivity index (χ4n) is 1.21. The van der Waals surface area contributed by atoms with Gasteiger partial charge in [-0.3, -0.25) is 0 Å². The Bertz CT molecular complexity index is 473. The summed E-state index contributed by atoms with van der Waals surface area (Å²) in [7, 11) is 1.63. The molecule has 0 atom stereocenters. The monoisotopic (exact) mass is 251 g/mol. The molecule has 1 aromatic carbocycles. The van der Waals surface area contributed by atoms with Crippen molar-refractivity contribution in [3.8, 4) is 5.75 Å². The van der Waals surface area contributed by atoms with Crippen molar-refractivity contribution in [2.24, 2.45) is 0 Å². The lowest BCUT2D eigenvalue weighted by Gasteiger charge is -2.04. The van der Waals surface area contributed by atoms with Crippen LogP contribution in [-0.2, 0) is 6.54 Å². The van der Waals surface area contributed by atoms with E-state index in [1.807, 2.05) is 24.3 Å². The molecule has 88 valence electrons. The first-order chi connectivity index (χ1) is 8.28. The largest absolute Gasteiger partial charge is 0.497 e. The van der Waals surface area contributed by atoms with Gasteiger partial charge < -0.3 is 10.1 Å². The predicted octanol–water partition coefficient (Wildman–Crippen LogP) is 1.54. The van der Waals surface area contributed by atoms with E-state index in [9.17, 15) is 0 Å². The van der Waals surface area contributed by atoms with Crippen molar-refractivity contribution in [1.82, 2.24) is 20.4 Å². The average molecular weight is 252 g/mol. The molecule has 6 nitrogen and oxygen atoms in total. The van der Waals surface area contributed by atoms with Gasteiger partial charge in [0.15, 0.2) is 0 Å². The highest BCUT2D eigenvalue weighted by Crippen LogP contribution is 2.11. The third kappa shape index (κ3) is 3.25. The lowest BCUT2D eigenvalue weighted by molar-refractivity contribution is 0.414. The summed E-state index contributed by atoms with van der Waals surface area (Å²) in [6, 6.07) is 7.66. The third-order valence-electron chi connectivity index (χ3n) is 2.06. The summed E-state index contributed by atoms with van der Waals surface area (Å²) in [5.74, 6) is 1.16. The van der Waals surface area contributed by atoms with E-state index < -0.39 is 0 Å². The number of aromatic nitrogens is 4. The Morgan fingerprint density at radius 2 is 1.76 bits per heavy atom. The van der Waals surface area contributed by atoms with Crippen LogP contribution in [0.25, 0.3) is 0 Å². The topological polar surface area (TPSA) is 72.8 Å². The molecule has 0 aliphatic heterocycles. The van der Waals surface area contributed by atoms with E-state index in [-0.39, 0.29) is 5.28 Å². The third-order valence-corrected chi connectivity index (χ3v) is 2.22. The lowest BCUT2D eigenvalue weighted by Crippen LogP contribution is -2.05. The molecule has 0 saturated heterocycles. The standard InChI is InChI=1S/C10H10ClN5O/c1-17-8-4-2-7(3-5-8)6-12-10-15-13-9(11)14-16-10/h2-5H,6H2,1H3,(H,12,15,16). The maximum atomic E-state index is 5.47. The number of halogens is 1. The Balaban J connectivity index is 1.95. The molecule has 0 amide bonds. The molecule has 1 aromatic heterocycles. The van der Waals surface area contributed by atoms with E-state index in [4.69, 9.17) is 16.3 Å². The highest BCUT2D eigenvalue weighted by Gasteiger charge is 1.99. The second kappa shape index (κ2) is 5.40. The fourth-order valence-corrected chi connectivity index (χ4v) is 1.29. The van der Waals surface area contributed by atoms with Gasteiger partial charge in [0.25, 0.3) is 11.2 Å². The van der Waals surface area contributed by atoms with Crippen LogP contribution >= 0.6 is 11.6 Å². The molecular formula is C10H10ClN5O. The van der Waals surface area contributed by atoms with Crippen LogP contribution in [0, 0.1) is 0 Å². The minimum absolute atomic E-state index is 0.0278. The number of methoxy groups -OCH3 is 1. The summed E-state index contributed by atoms with van der Waals surface area (Å²) in [6.45, 7) is 0.578. The fraction of sp³-hybridized carbons (Fsp3) is 0.200. The second-order valence-corrected chi connectivity index (χ2v) is 3.53. The van der Waals surface area contributed by atoms with Crippen molar-refractivity contribution in [2.75, 3.05) is 12.4 Å². The highest BCUT2D eigenvalue weighted by atomic mass is 35.5. The van der Waals surface area contributed by atoms with Gasteiger partial charge in [0, 0.05) is 6.54 Å². The summed E-state index contributed by atoms with van der Waals surface area (Å²) in [5.41, 5.74) is 1.07. The minimum Gasteiger partial charge on any atom is -0.497 e. The van der Waals surface area contributed by atoms with E-state index in [0.717, 1.165) is 11.3 Å². The van der Waals surface area contributed by atoms with E-state index in [0.29, 0.717) is 12.5 Å². The first-order valence-electron chi connectivity index (χ1n) is 4.87. The van der Waals surface area contributed by atoms with Crippen LogP contribution in [0.5, 0.6) is 5.75 Å². The summed E-state index contributed by atoms with van der Waals surface area (Å²) >= 11 is 5.47. The second-order valence-electron chi connectivity index (χ2n) is 3.19. The predicted molar refractivity (Wildman–Crippen MR) is 63.0 cm³/mol. The Morgan fingerprint density at radius 3 is 2.35 bits per heavy atom. The maximum Gasteiger partial charge on any atom is 0.263 e. The molecule has 0 radical (unpaired) electrons. The molecule has 2 rings (SSSR count). The van der Waals surface area contributed by atoms with Crippen LogP contribution in [0.2, 0.25) is 5.28 Å². The molecule has 0 spiro atoms. The normalized spacial score (nSPS) is 10.0. The van der Waals surface area contributed by atoms with Crippen LogP contribution in [-0.4, -0.2) is 27.5 Å². The van der Waals surface area contributed by atoms with E-state index >= 15 is 0 Å². The van der Waals surface area contributed by atoms with Crippen LogP contribution in [0.1, 0.15) is 5.56 Å². The average Bonchev–Trinajstić information content (AvgIpc) is 2.39. The Kier molecular flexibility index (Phi) is 3.66. The van der Waals surface area contributed by atoms with Gasteiger partial charge in [-0.05, 0) is 29.3 Å². The van der Waals surface area contributed by atoms with Gasteiger partial charge >= 0.3 is 0 Å². The van der Waals surface area contributed by atoms with Gasteiger partial charge in [-0.1, -0.05) is 12.1 Å². The van der Waals surface area contributed by atoms with E-state index in [1.54, 1.807) is 7.11 Å². The quantitative estimate of drug-likeness (QED) is 0.889. The van der Waals surface area contributed by atoms with Crippen molar-refractivity contribution in [3.63, 3.8) is 0 Å². The molecule has 7 heteroatoms. The van der Waals surface area contributed by atoms with Crippen molar-refractivity contribution < 1.29 is 4.74 Å².